The highest BCUT2D eigenvalue weighted by molar-refractivity contribution is 9.10. The van der Waals surface area contributed by atoms with E-state index in [-0.39, 0.29) is 29.5 Å². The van der Waals surface area contributed by atoms with Gasteiger partial charge in [-0.15, -0.1) is 0 Å². The van der Waals surface area contributed by atoms with Crippen molar-refractivity contribution in [2.45, 2.75) is 38.8 Å². The fourth-order valence-corrected chi connectivity index (χ4v) is 4.97. The molecule has 1 fully saturated rings. The molecule has 1 aromatic carbocycles. The molecule has 0 spiro atoms. The summed E-state index contributed by atoms with van der Waals surface area (Å²) < 4.78 is 29.5. The average Bonchev–Trinajstić information content (AvgIpc) is 2.98. The molecule has 0 radical (unpaired) electrons. The minimum absolute atomic E-state index is 0.0273. The Hall–Kier alpha value is -1.67. The van der Waals surface area contributed by atoms with E-state index in [1.165, 1.54) is 6.08 Å². The third-order valence-electron chi connectivity index (χ3n) is 4.58. The molecule has 0 N–H and O–H groups in total. The lowest BCUT2D eigenvalue weighted by Gasteiger charge is -2.33. The van der Waals surface area contributed by atoms with Gasteiger partial charge in [0.25, 0.3) is 5.91 Å². The lowest BCUT2D eigenvalue weighted by molar-refractivity contribution is -0.150. The summed E-state index contributed by atoms with van der Waals surface area (Å²) in [4.78, 5) is 26.0. The molecular weight excluding hydrogens is 434 g/mol. The lowest BCUT2D eigenvalue weighted by Crippen LogP contribution is -2.48. The number of hydrogen-bond donors (Lipinski definition) is 0. The Kier molecular flexibility index (Phi) is 7.61. The zero-order valence-corrected chi connectivity index (χ0v) is 17.8. The Labute approximate surface area is 168 Å². The van der Waals surface area contributed by atoms with Gasteiger partial charge in [-0.05, 0) is 43.5 Å². The molecule has 6 nitrogen and oxygen atoms in total. The van der Waals surface area contributed by atoms with Gasteiger partial charge in [-0.2, -0.15) is 0 Å². The van der Waals surface area contributed by atoms with E-state index in [1.807, 2.05) is 38.1 Å². The van der Waals surface area contributed by atoms with Crippen LogP contribution in [-0.2, 0) is 24.2 Å². The summed E-state index contributed by atoms with van der Waals surface area (Å²) >= 11 is 3.34. The van der Waals surface area contributed by atoms with Crippen molar-refractivity contribution in [1.29, 1.82) is 0 Å². The molecule has 0 aliphatic carbocycles. The molecule has 2 atom stereocenters. The number of carbonyl (C=O) groups excluding carboxylic acids is 2. The maximum absolute atomic E-state index is 12.6. The van der Waals surface area contributed by atoms with Crippen LogP contribution >= 0.6 is 15.9 Å². The maximum atomic E-state index is 12.6. The predicted molar refractivity (Wildman–Crippen MR) is 108 cm³/mol. The lowest BCUT2D eigenvalue weighted by atomic mass is 10.1. The van der Waals surface area contributed by atoms with Crippen molar-refractivity contribution in [3.8, 4) is 0 Å². The molecule has 1 aliphatic heterocycles. The zero-order chi connectivity index (χ0) is 20.0. The SMILES string of the molecule is CC[C@@H](C)N(C(=O)COC(=O)/C=C/c1ccc(Br)cc1)[C@H]1CCS(=O)(=O)C1. The number of ether oxygens (including phenoxy) is 1. The van der Waals surface area contributed by atoms with Crippen molar-refractivity contribution in [3.05, 3.63) is 40.4 Å². The summed E-state index contributed by atoms with van der Waals surface area (Å²) in [6.07, 6.45) is 3.99. The molecule has 0 unspecified atom stereocenters. The third kappa shape index (κ3) is 6.46. The van der Waals surface area contributed by atoms with E-state index in [4.69, 9.17) is 4.74 Å². The van der Waals surface area contributed by atoms with Gasteiger partial charge in [0.1, 0.15) is 0 Å². The van der Waals surface area contributed by atoms with Crippen molar-refractivity contribution in [3.63, 3.8) is 0 Å². The minimum Gasteiger partial charge on any atom is -0.452 e. The van der Waals surface area contributed by atoms with Crippen LogP contribution in [0.1, 0.15) is 32.3 Å². The summed E-state index contributed by atoms with van der Waals surface area (Å²) in [5.74, 6) is -0.917. The number of rotatable bonds is 7. The van der Waals surface area contributed by atoms with Gasteiger partial charge in [-0.3, -0.25) is 4.79 Å². The number of benzene rings is 1. The number of nitrogens with zero attached hydrogens (tertiary/aromatic N) is 1. The van der Waals surface area contributed by atoms with Gasteiger partial charge >= 0.3 is 5.97 Å². The molecule has 0 bridgehead atoms. The normalized spacial score (nSPS) is 19.7. The first-order valence-corrected chi connectivity index (χ1v) is 11.4. The second-order valence-electron chi connectivity index (χ2n) is 6.61. The number of amides is 1. The highest BCUT2D eigenvalue weighted by atomic mass is 79.9. The molecule has 27 heavy (non-hydrogen) atoms. The second-order valence-corrected chi connectivity index (χ2v) is 9.75. The summed E-state index contributed by atoms with van der Waals surface area (Å²) in [6, 6.07) is 6.92. The fourth-order valence-electron chi connectivity index (χ4n) is 2.99. The van der Waals surface area contributed by atoms with Gasteiger partial charge in [0, 0.05) is 22.6 Å². The largest absolute Gasteiger partial charge is 0.452 e. The Morgan fingerprint density at radius 2 is 2.00 bits per heavy atom. The van der Waals surface area contributed by atoms with E-state index >= 15 is 0 Å². The Bertz CT molecular complexity index is 804. The van der Waals surface area contributed by atoms with E-state index in [0.29, 0.717) is 12.8 Å². The summed E-state index contributed by atoms with van der Waals surface area (Å²) in [5, 5.41) is 0. The number of esters is 1. The van der Waals surface area contributed by atoms with E-state index < -0.39 is 22.4 Å². The van der Waals surface area contributed by atoms with Crippen LogP contribution in [0.15, 0.2) is 34.8 Å². The first kappa shape index (κ1) is 21.6. The molecule has 1 aromatic rings. The average molecular weight is 458 g/mol. The van der Waals surface area contributed by atoms with E-state index in [9.17, 15) is 18.0 Å². The molecule has 1 saturated heterocycles. The Morgan fingerprint density at radius 1 is 1.33 bits per heavy atom. The quantitative estimate of drug-likeness (QED) is 0.464. The van der Waals surface area contributed by atoms with Gasteiger partial charge in [-0.1, -0.05) is 35.0 Å². The van der Waals surface area contributed by atoms with Crippen molar-refractivity contribution in [2.75, 3.05) is 18.1 Å². The summed E-state index contributed by atoms with van der Waals surface area (Å²) in [7, 11) is -3.11. The standard InChI is InChI=1S/C19H24BrNO5S/c1-3-14(2)21(17-10-11-27(24,25)13-17)18(22)12-26-19(23)9-6-15-4-7-16(20)8-5-15/h4-9,14,17H,3,10-13H2,1-2H3/b9-6+/t14-,17+/m1/s1. The molecule has 1 aliphatic rings. The van der Waals surface area contributed by atoms with Crippen LogP contribution < -0.4 is 0 Å². The molecule has 1 amide bonds. The third-order valence-corrected chi connectivity index (χ3v) is 6.85. The predicted octanol–water partition coefficient (Wildman–Crippen LogP) is 2.82. The number of hydrogen-bond acceptors (Lipinski definition) is 5. The van der Waals surface area contributed by atoms with Crippen LogP contribution in [0.2, 0.25) is 0 Å². The highest BCUT2D eigenvalue weighted by Crippen LogP contribution is 2.21. The Balaban J connectivity index is 1.94. The van der Waals surface area contributed by atoms with E-state index in [1.54, 1.807) is 11.0 Å². The van der Waals surface area contributed by atoms with Crippen LogP contribution in [0.5, 0.6) is 0 Å². The van der Waals surface area contributed by atoms with Crippen LogP contribution in [-0.4, -0.2) is 55.4 Å². The van der Waals surface area contributed by atoms with E-state index in [2.05, 4.69) is 15.9 Å². The molecule has 0 aromatic heterocycles. The topological polar surface area (TPSA) is 80.8 Å². The second kappa shape index (κ2) is 9.50. The molecule has 0 saturated carbocycles. The molecule has 148 valence electrons. The Morgan fingerprint density at radius 3 is 2.56 bits per heavy atom. The van der Waals surface area contributed by atoms with Crippen molar-refractivity contribution in [2.24, 2.45) is 0 Å². The van der Waals surface area contributed by atoms with Crippen LogP contribution in [0.4, 0.5) is 0 Å². The smallest absolute Gasteiger partial charge is 0.331 e. The minimum atomic E-state index is -3.11. The molecule has 1 heterocycles. The molecule has 2 rings (SSSR count). The van der Waals surface area contributed by atoms with Gasteiger partial charge in [0.05, 0.1) is 11.5 Å². The maximum Gasteiger partial charge on any atom is 0.331 e. The molecule has 8 heteroatoms. The van der Waals surface area contributed by atoms with Crippen molar-refractivity contribution >= 4 is 43.7 Å². The molecular formula is C19H24BrNO5S. The first-order chi connectivity index (χ1) is 12.7. The number of halogens is 1. The van der Waals surface area contributed by atoms with Crippen molar-refractivity contribution < 1.29 is 22.7 Å². The van der Waals surface area contributed by atoms with Gasteiger partial charge in [-0.25, -0.2) is 13.2 Å². The van der Waals surface area contributed by atoms with E-state index in [0.717, 1.165) is 10.0 Å². The first-order valence-electron chi connectivity index (χ1n) is 8.84. The van der Waals surface area contributed by atoms with Crippen LogP contribution in [0.25, 0.3) is 6.08 Å². The fraction of sp³-hybridized carbons (Fsp3) is 0.474. The monoisotopic (exact) mass is 457 g/mol. The van der Waals surface area contributed by atoms with Gasteiger partial charge in [0.2, 0.25) is 0 Å². The zero-order valence-electron chi connectivity index (χ0n) is 15.4. The number of sulfone groups is 1. The summed E-state index contributed by atoms with van der Waals surface area (Å²) in [5.41, 5.74) is 0.832. The highest BCUT2D eigenvalue weighted by Gasteiger charge is 2.36. The van der Waals surface area contributed by atoms with Crippen LogP contribution in [0, 0.1) is 0 Å². The van der Waals surface area contributed by atoms with Crippen LogP contribution in [0.3, 0.4) is 0 Å². The number of carbonyl (C=O) groups is 2. The summed E-state index contributed by atoms with van der Waals surface area (Å²) in [6.45, 7) is 3.41. The van der Waals surface area contributed by atoms with Gasteiger partial charge in [0.15, 0.2) is 16.4 Å². The van der Waals surface area contributed by atoms with Gasteiger partial charge < -0.3 is 9.64 Å². The van der Waals surface area contributed by atoms with Crippen molar-refractivity contribution in [1.82, 2.24) is 4.90 Å².